The molecule has 14 heavy (non-hydrogen) atoms. The first-order chi connectivity index (χ1) is 6.61. The molecule has 1 aromatic rings. The number of benzene rings is 1. The van der Waals surface area contributed by atoms with Crippen LogP contribution in [0.15, 0.2) is 6.07 Å². The monoisotopic (exact) mass is 303 g/mol. The Morgan fingerprint density at radius 1 is 1.29 bits per heavy atom. The van der Waals surface area contributed by atoms with Crippen LogP contribution >= 0.6 is 22.6 Å². The number of halogens is 1. The third-order valence-corrected chi connectivity index (χ3v) is 3.02. The lowest BCUT2D eigenvalue weighted by Gasteiger charge is -2.15. The smallest absolute Gasteiger partial charge is 0.132 e. The van der Waals surface area contributed by atoms with Gasteiger partial charge in [0.2, 0.25) is 0 Å². The molecule has 1 aliphatic rings. The van der Waals surface area contributed by atoms with Crippen LogP contribution in [0.4, 0.5) is 0 Å². The van der Waals surface area contributed by atoms with Gasteiger partial charge in [0.15, 0.2) is 0 Å². The molecule has 0 amide bonds. The maximum atomic E-state index is 9.50. The van der Waals surface area contributed by atoms with Crippen LogP contribution < -0.4 is 5.32 Å². The van der Waals surface area contributed by atoms with Crippen LogP contribution in [-0.2, 0) is 0 Å². The zero-order chi connectivity index (χ0) is 10.7. The third kappa shape index (κ3) is 2.09. The highest BCUT2D eigenvalue weighted by Gasteiger charge is 2.14. The summed E-state index contributed by atoms with van der Waals surface area (Å²) in [5.41, 5.74) is 3.37. The highest BCUT2D eigenvalue weighted by atomic mass is 127. The van der Waals surface area contributed by atoms with Gasteiger partial charge in [0.1, 0.15) is 5.75 Å². The fourth-order valence-electron chi connectivity index (χ4n) is 1.19. The van der Waals surface area contributed by atoms with Gasteiger partial charge in [-0.1, -0.05) is 12.2 Å². The molecule has 0 aliphatic heterocycles. The van der Waals surface area contributed by atoms with E-state index in [1.165, 1.54) is 11.1 Å². The molecule has 0 atom stereocenters. The zero-order valence-corrected chi connectivity index (χ0v) is 10.7. The van der Waals surface area contributed by atoms with Crippen LogP contribution in [0, 0.1) is 10.5 Å². The van der Waals surface area contributed by atoms with Crippen molar-refractivity contribution in [1.29, 1.82) is 0 Å². The molecule has 0 heterocycles. The summed E-state index contributed by atoms with van der Waals surface area (Å²) in [5, 5.41) is 12.3. The van der Waals surface area contributed by atoms with E-state index in [2.05, 4.69) is 34.0 Å². The van der Waals surface area contributed by atoms with Crippen molar-refractivity contribution in [3.05, 3.63) is 26.3 Å². The van der Waals surface area contributed by atoms with Gasteiger partial charge in [-0.05, 0) is 66.4 Å². The average Bonchev–Trinajstić information content (AvgIpc) is 2.10. The Bertz CT molecular complexity index is 372. The summed E-state index contributed by atoms with van der Waals surface area (Å²) in [5.74, 6) is 0.425. The second kappa shape index (κ2) is 4.79. The van der Waals surface area contributed by atoms with Crippen LogP contribution in [0.1, 0.15) is 16.7 Å². The summed E-state index contributed by atoms with van der Waals surface area (Å²) in [6, 6.07) is 2.01. The van der Waals surface area contributed by atoms with Gasteiger partial charge in [0.05, 0.1) is 3.57 Å². The first kappa shape index (κ1) is 11.5. The van der Waals surface area contributed by atoms with Gasteiger partial charge in [-0.25, -0.2) is 0 Å². The largest absolute Gasteiger partial charge is 0.507 e. The molecule has 2 rings (SSSR count). The Morgan fingerprint density at radius 3 is 2.29 bits per heavy atom. The van der Waals surface area contributed by atoms with E-state index in [9.17, 15) is 5.11 Å². The van der Waals surface area contributed by atoms with E-state index < -0.39 is 0 Å². The summed E-state index contributed by atoms with van der Waals surface area (Å²) in [6.45, 7) is 1.92. The molecule has 0 bridgehead atoms. The standard InChI is InChI=1S/C9H7IO.C2H7N/c1-5-4-6-2-3-7(6)8(10)9(5)11;1-3-2/h2-4,11H,1H3;3H,1-2H3. The summed E-state index contributed by atoms with van der Waals surface area (Å²) in [4.78, 5) is 0. The molecule has 2 nitrogen and oxygen atoms in total. The number of phenolic OH excluding ortho intramolecular Hbond substituents is 1. The van der Waals surface area contributed by atoms with Gasteiger partial charge >= 0.3 is 0 Å². The van der Waals surface area contributed by atoms with Crippen LogP contribution in [0.25, 0.3) is 12.2 Å². The summed E-state index contributed by atoms with van der Waals surface area (Å²) >= 11 is 2.17. The van der Waals surface area contributed by atoms with E-state index >= 15 is 0 Å². The second-order valence-corrected chi connectivity index (χ2v) is 4.27. The van der Waals surface area contributed by atoms with Gasteiger partial charge in [-0.3, -0.25) is 0 Å². The van der Waals surface area contributed by atoms with Crippen molar-refractivity contribution in [1.82, 2.24) is 5.32 Å². The fraction of sp³-hybridized carbons (Fsp3) is 0.273. The lowest BCUT2D eigenvalue weighted by Crippen LogP contribution is -1.95. The fourth-order valence-corrected chi connectivity index (χ4v) is 2.11. The number of nitrogens with one attached hydrogen (secondary N) is 1. The van der Waals surface area contributed by atoms with Crippen LogP contribution in [0.5, 0.6) is 5.75 Å². The average molecular weight is 303 g/mol. The van der Waals surface area contributed by atoms with Crippen molar-refractivity contribution in [3.63, 3.8) is 0 Å². The van der Waals surface area contributed by atoms with E-state index in [1.54, 1.807) is 0 Å². The molecule has 1 aliphatic carbocycles. The summed E-state index contributed by atoms with van der Waals surface area (Å²) in [7, 11) is 3.75. The molecular weight excluding hydrogens is 289 g/mol. The number of fused-ring (bicyclic) bond motifs is 1. The zero-order valence-electron chi connectivity index (χ0n) is 8.56. The first-order valence-electron chi connectivity index (χ1n) is 4.40. The molecule has 0 saturated carbocycles. The number of rotatable bonds is 0. The van der Waals surface area contributed by atoms with Crippen LogP contribution in [-0.4, -0.2) is 19.2 Å². The lowest BCUT2D eigenvalue weighted by molar-refractivity contribution is 0.467. The van der Waals surface area contributed by atoms with E-state index in [0.29, 0.717) is 5.75 Å². The third-order valence-electron chi connectivity index (χ3n) is 1.93. The van der Waals surface area contributed by atoms with Crippen molar-refractivity contribution in [2.45, 2.75) is 6.92 Å². The van der Waals surface area contributed by atoms with Crippen molar-refractivity contribution >= 4 is 34.7 Å². The Kier molecular flexibility index (Phi) is 3.95. The quantitative estimate of drug-likeness (QED) is 0.733. The highest BCUT2D eigenvalue weighted by Crippen LogP contribution is 2.36. The van der Waals surface area contributed by atoms with E-state index in [-0.39, 0.29) is 0 Å². The number of aryl methyl sites for hydroxylation is 1. The van der Waals surface area contributed by atoms with Crippen molar-refractivity contribution in [3.8, 4) is 5.75 Å². The van der Waals surface area contributed by atoms with Gasteiger partial charge in [-0.15, -0.1) is 0 Å². The van der Waals surface area contributed by atoms with Gasteiger partial charge in [0.25, 0.3) is 0 Å². The van der Waals surface area contributed by atoms with Crippen LogP contribution in [0.2, 0.25) is 0 Å². The minimum atomic E-state index is 0.425. The minimum absolute atomic E-state index is 0.425. The van der Waals surface area contributed by atoms with Crippen molar-refractivity contribution in [2.24, 2.45) is 0 Å². The molecule has 0 unspecified atom stereocenters. The predicted octanol–water partition coefficient (Wildman–Crippen LogP) is 2.62. The lowest BCUT2D eigenvalue weighted by atomic mass is 9.95. The molecule has 0 aromatic heterocycles. The Hall–Kier alpha value is -0.550. The Balaban J connectivity index is 0.000000293. The number of hydrogen-bond donors (Lipinski definition) is 2. The van der Waals surface area contributed by atoms with Gasteiger partial charge in [0, 0.05) is 0 Å². The Morgan fingerprint density at radius 2 is 1.86 bits per heavy atom. The van der Waals surface area contributed by atoms with E-state index in [4.69, 9.17) is 0 Å². The van der Waals surface area contributed by atoms with Gasteiger partial charge in [-0.2, -0.15) is 0 Å². The summed E-state index contributed by atoms with van der Waals surface area (Å²) in [6.07, 6.45) is 4.08. The molecular formula is C11H14INO. The predicted molar refractivity (Wildman–Crippen MR) is 69.5 cm³/mol. The highest BCUT2D eigenvalue weighted by molar-refractivity contribution is 14.1. The molecule has 1 aromatic carbocycles. The molecule has 0 radical (unpaired) electrons. The van der Waals surface area contributed by atoms with E-state index in [1.807, 2.05) is 33.2 Å². The van der Waals surface area contributed by atoms with E-state index in [0.717, 1.165) is 9.13 Å². The SMILES string of the molecule is CNC.Cc1cc2c(c(I)c1O)C=C2. The second-order valence-electron chi connectivity index (χ2n) is 3.19. The molecule has 2 N–H and O–H groups in total. The Labute approximate surface area is 98.2 Å². The molecule has 76 valence electrons. The maximum Gasteiger partial charge on any atom is 0.132 e. The molecule has 3 heteroatoms. The molecule has 0 fully saturated rings. The minimum Gasteiger partial charge on any atom is -0.507 e. The van der Waals surface area contributed by atoms with Crippen molar-refractivity contribution < 1.29 is 5.11 Å². The topological polar surface area (TPSA) is 32.3 Å². The van der Waals surface area contributed by atoms with Crippen molar-refractivity contribution in [2.75, 3.05) is 14.1 Å². The number of aromatic hydroxyl groups is 1. The number of phenols is 1. The molecule has 0 spiro atoms. The van der Waals surface area contributed by atoms with Gasteiger partial charge < -0.3 is 10.4 Å². The molecule has 0 saturated heterocycles. The number of hydrogen-bond acceptors (Lipinski definition) is 2. The van der Waals surface area contributed by atoms with Crippen LogP contribution in [0.3, 0.4) is 0 Å². The normalized spacial score (nSPS) is 11.1. The first-order valence-corrected chi connectivity index (χ1v) is 5.48. The maximum absolute atomic E-state index is 9.50. The summed E-state index contributed by atoms with van der Waals surface area (Å²) < 4.78 is 0.972.